The van der Waals surface area contributed by atoms with Crippen molar-refractivity contribution in [2.45, 2.75) is 67.5 Å². The highest BCUT2D eigenvalue weighted by Gasteiger charge is 2.41. The number of thiophene rings is 1. The van der Waals surface area contributed by atoms with Crippen LogP contribution in [-0.2, 0) is 20.9 Å². The molecule has 1 fully saturated rings. The van der Waals surface area contributed by atoms with Crippen molar-refractivity contribution in [2.75, 3.05) is 4.90 Å². The molecule has 34 heavy (non-hydrogen) atoms. The van der Waals surface area contributed by atoms with Gasteiger partial charge >= 0.3 is 6.09 Å². The number of imide groups is 1. The topological polar surface area (TPSA) is 75.7 Å². The molecule has 1 aliphatic heterocycles. The number of carbonyl (C=O) groups is 3. The van der Waals surface area contributed by atoms with Gasteiger partial charge in [-0.05, 0) is 90.3 Å². The molecule has 1 N–H and O–H groups in total. The Kier molecular flexibility index (Phi) is 7.17. The third-order valence-corrected chi connectivity index (χ3v) is 6.40. The van der Waals surface area contributed by atoms with Crippen molar-refractivity contribution < 1.29 is 19.1 Å². The SMILES string of the molecule is CC(C)=C1C(=O)N(c2ccc(CNC(=O)OC(C)(C)C)cc2)C(=O)/C1=C(/C)c1cc(C)sc1C. The second-order valence-corrected chi connectivity index (χ2v) is 11.1. The van der Waals surface area contributed by atoms with Crippen LogP contribution in [0, 0.1) is 13.8 Å². The number of aryl methyl sites for hydroxylation is 2. The Hall–Kier alpha value is -3.19. The first-order valence-electron chi connectivity index (χ1n) is 11.2. The first-order chi connectivity index (χ1) is 15.8. The Labute approximate surface area is 205 Å². The van der Waals surface area contributed by atoms with E-state index >= 15 is 0 Å². The number of amides is 3. The first kappa shape index (κ1) is 25.4. The fourth-order valence-electron chi connectivity index (χ4n) is 3.97. The fraction of sp³-hybridized carbons (Fsp3) is 0.370. The molecule has 2 aromatic rings. The summed E-state index contributed by atoms with van der Waals surface area (Å²) in [6, 6.07) is 9.09. The lowest BCUT2D eigenvalue weighted by molar-refractivity contribution is -0.119. The van der Waals surface area contributed by atoms with E-state index in [1.54, 1.807) is 56.4 Å². The van der Waals surface area contributed by atoms with Crippen molar-refractivity contribution in [3.63, 3.8) is 0 Å². The number of allylic oxidation sites excluding steroid dienone is 2. The van der Waals surface area contributed by atoms with Crippen molar-refractivity contribution in [3.05, 3.63) is 67.9 Å². The van der Waals surface area contributed by atoms with Crippen LogP contribution in [-0.4, -0.2) is 23.5 Å². The van der Waals surface area contributed by atoms with Gasteiger partial charge in [-0.15, -0.1) is 11.3 Å². The minimum atomic E-state index is -0.573. The summed E-state index contributed by atoms with van der Waals surface area (Å²) in [6.45, 7) is 15.4. The van der Waals surface area contributed by atoms with Crippen LogP contribution < -0.4 is 10.2 Å². The third-order valence-electron chi connectivity index (χ3n) is 5.43. The standard InChI is InChI=1S/C27H32N2O4S/c1-15(2)22-23(17(4)21-13-16(3)34-18(21)5)25(31)29(24(22)30)20-11-9-19(10-12-20)14-28-26(32)33-27(6,7)8/h9-13H,14H2,1-8H3,(H,28,32)/b23-17-. The lowest BCUT2D eigenvalue weighted by atomic mass is 9.95. The maximum Gasteiger partial charge on any atom is 0.407 e. The summed E-state index contributed by atoms with van der Waals surface area (Å²) in [5.74, 6) is -0.634. The Balaban J connectivity index is 1.89. The molecule has 180 valence electrons. The monoisotopic (exact) mass is 480 g/mol. The molecule has 6 nitrogen and oxygen atoms in total. The molecule has 0 atom stereocenters. The van der Waals surface area contributed by atoms with Crippen LogP contribution in [0.2, 0.25) is 0 Å². The number of nitrogens with zero attached hydrogens (tertiary/aromatic N) is 1. The summed E-state index contributed by atoms with van der Waals surface area (Å²) in [6.07, 6.45) is -0.501. The molecule has 3 amide bonds. The van der Waals surface area contributed by atoms with Crippen LogP contribution in [0.3, 0.4) is 0 Å². The second kappa shape index (κ2) is 9.58. The first-order valence-corrected chi connectivity index (χ1v) is 12.0. The molecular formula is C27H32N2O4S. The average molecular weight is 481 g/mol. The highest BCUT2D eigenvalue weighted by Crippen LogP contribution is 2.38. The van der Waals surface area contributed by atoms with E-state index in [1.807, 2.05) is 34.6 Å². The van der Waals surface area contributed by atoms with Crippen molar-refractivity contribution in [2.24, 2.45) is 0 Å². The van der Waals surface area contributed by atoms with Crippen LogP contribution in [0.1, 0.15) is 62.4 Å². The summed E-state index contributed by atoms with van der Waals surface area (Å²) in [5, 5.41) is 2.71. The molecule has 3 rings (SSSR count). The molecule has 0 radical (unpaired) electrons. The van der Waals surface area contributed by atoms with Gasteiger partial charge in [-0.25, -0.2) is 9.69 Å². The van der Waals surface area contributed by atoms with Crippen LogP contribution in [0.5, 0.6) is 0 Å². The van der Waals surface area contributed by atoms with E-state index in [2.05, 4.69) is 11.4 Å². The highest BCUT2D eigenvalue weighted by molar-refractivity contribution is 7.12. The summed E-state index contributed by atoms with van der Waals surface area (Å²) in [4.78, 5) is 42.3. The largest absolute Gasteiger partial charge is 0.444 e. The number of hydrogen-bond acceptors (Lipinski definition) is 5. The van der Waals surface area contributed by atoms with E-state index in [4.69, 9.17) is 4.74 Å². The number of ether oxygens (including phenoxy) is 1. The molecule has 0 unspecified atom stereocenters. The normalized spacial score (nSPS) is 15.6. The van der Waals surface area contributed by atoms with E-state index in [1.165, 1.54) is 4.90 Å². The van der Waals surface area contributed by atoms with E-state index in [0.29, 0.717) is 16.8 Å². The van der Waals surface area contributed by atoms with Crippen molar-refractivity contribution in [1.82, 2.24) is 5.32 Å². The van der Waals surface area contributed by atoms with Crippen LogP contribution >= 0.6 is 11.3 Å². The number of carbonyl (C=O) groups excluding carboxylic acids is 3. The number of benzene rings is 1. The van der Waals surface area contributed by atoms with E-state index in [9.17, 15) is 14.4 Å². The van der Waals surface area contributed by atoms with Gasteiger partial charge in [-0.3, -0.25) is 9.59 Å². The third kappa shape index (κ3) is 5.30. The number of nitrogens with one attached hydrogen (secondary N) is 1. The molecule has 1 aromatic heterocycles. The number of hydrogen-bond donors (Lipinski definition) is 1. The van der Waals surface area contributed by atoms with Gasteiger partial charge in [0.1, 0.15) is 5.60 Å². The molecule has 1 saturated heterocycles. The molecule has 0 spiro atoms. The van der Waals surface area contributed by atoms with Gasteiger partial charge in [0, 0.05) is 16.3 Å². The molecule has 0 aliphatic carbocycles. The number of rotatable bonds is 4. The van der Waals surface area contributed by atoms with Crippen LogP contribution in [0.25, 0.3) is 5.57 Å². The van der Waals surface area contributed by atoms with Gasteiger partial charge in [0.25, 0.3) is 11.8 Å². The molecule has 1 aliphatic rings. The van der Waals surface area contributed by atoms with Gasteiger partial charge in [0.05, 0.1) is 16.8 Å². The minimum Gasteiger partial charge on any atom is -0.444 e. The van der Waals surface area contributed by atoms with Gasteiger partial charge < -0.3 is 10.1 Å². The zero-order valence-corrected chi connectivity index (χ0v) is 21.9. The number of anilines is 1. The van der Waals surface area contributed by atoms with Gasteiger partial charge in [0.15, 0.2) is 0 Å². The molecule has 0 saturated carbocycles. The van der Waals surface area contributed by atoms with Crippen molar-refractivity contribution >= 4 is 40.5 Å². The Morgan fingerprint density at radius 1 is 1.00 bits per heavy atom. The minimum absolute atomic E-state index is 0.275. The Morgan fingerprint density at radius 3 is 2.09 bits per heavy atom. The summed E-state index contributed by atoms with van der Waals surface area (Å²) in [7, 11) is 0. The average Bonchev–Trinajstić information content (AvgIpc) is 3.20. The predicted molar refractivity (Wildman–Crippen MR) is 137 cm³/mol. The molecule has 0 bridgehead atoms. The van der Waals surface area contributed by atoms with Crippen LogP contribution in [0.4, 0.5) is 10.5 Å². The van der Waals surface area contributed by atoms with Gasteiger partial charge in [-0.2, -0.15) is 0 Å². The van der Waals surface area contributed by atoms with E-state index in [-0.39, 0.29) is 18.4 Å². The quantitative estimate of drug-likeness (QED) is 0.425. The smallest absolute Gasteiger partial charge is 0.407 e. The lowest BCUT2D eigenvalue weighted by Crippen LogP contribution is -2.32. The van der Waals surface area contributed by atoms with E-state index < -0.39 is 11.7 Å². The van der Waals surface area contributed by atoms with Crippen molar-refractivity contribution in [3.8, 4) is 0 Å². The maximum absolute atomic E-state index is 13.5. The molecular weight excluding hydrogens is 448 g/mol. The zero-order chi connectivity index (χ0) is 25.4. The van der Waals surface area contributed by atoms with Crippen LogP contribution in [0.15, 0.2) is 47.1 Å². The number of alkyl carbamates (subject to hydrolysis) is 1. The summed E-state index contributed by atoms with van der Waals surface area (Å²) >= 11 is 1.68. The van der Waals surface area contributed by atoms with Gasteiger partial charge in [0.2, 0.25) is 0 Å². The molecule has 2 heterocycles. The molecule has 1 aromatic carbocycles. The predicted octanol–water partition coefficient (Wildman–Crippen LogP) is 6.07. The fourth-order valence-corrected chi connectivity index (χ4v) is 4.95. The zero-order valence-electron chi connectivity index (χ0n) is 21.1. The highest BCUT2D eigenvalue weighted by atomic mass is 32.1. The Morgan fingerprint density at radius 2 is 1.59 bits per heavy atom. The molecule has 7 heteroatoms. The van der Waals surface area contributed by atoms with Gasteiger partial charge in [-0.1, -0.05) is 17.7 Å². The Bertz CT molecular complexity index is 1210. The van der Waals surface area contributed by atoms with E-state index in [0.717, 1.165) is 32.0 Å². The van der Waals surface area contributed by atoms with Crippen molar-refractivity contribution in [1.29, 1.82) is 0 Å². The lowest BCUT2D eigenvalue weighted by Gasteiger charge is -2.19. The maximum atomic E-state index is 13.5. The summed E-state index contributed by atoms with van der Waals surface area (Å²) in [5.41, 5.74) is 4.29. The second-order valence-electron chi connectivity index (χ2n) is 9.67. The summed E-state index contributed by atoms with van der Waals surface area (Å²) < 4.78 is 5.25.